The number of carbonyl (C=O) groups is 1. The van der Waals surface area contributed by atoms with Crippen LogP contribution in [0.5, 0.6) is 0 Å². The van der Waals surface area contributed by atoms with Gasteiger partial charge in [0.2, 0.25) is 0 Å². The smallest absolute Gasteiger partial charge is 0.305 e. The van der Waals surface area contributed by atoms with Crippen molar-refractivity contribution in [3.8, 4) is 0 Å². The van der Waals surface area contributed by atoms with Gasteiger partial charge in [0.05, 0.1) is 17.0 Å². The van der Waals surface area contributed by atoms with Crippen molar-refractivity contribution in [2.75, 3.05) is 10.8 Å². The standard InChI is InChI=1S/C17H18BrNO4S/c1-12-6-7-16(13(2)10-12)24(22,23)19(9-8-17(20)21)15-5-3-4-14(18)11-15/h3-7,10-11H,8-9H2,1-2H3,(H,20,21). The fraction of sp³-hybridized carbons (Fsp3) is 0.235. The van der Waals surface area contributed by atoms with Crippen LogP contribution in [-0.4, -0.2) is 26.0 Å². The second-order valence-corrected chi connectivity index (χ2v) is 8.22. The number of halogens is 1. The second-order valence-electron chi connectivity index (χ2n) is 5.47. The van der Waals surface area contributed by atoms with Crippen LogP contribution in [0.2, 0.25) is 0 Å². The number of sulfonamides is 1. The molecule has 0 saturated carbocycles. The summed E-state index contributed by atoms with van der Waals surface area (Å²) in [5, 5.41) is 8.96. The molecule has 5 nitrogen and oxygen atoms in total. The third-order valence-corrected chi connectivity index (χ3v) is 6.00. The molecule has 7 heteroatoms. The highest BCUT2D eigenvalue weighted by Crippen LogP contribution is 2.28. The zero-order valence-corrected chi connectivity index (χ0v) is 15.8. The first-order chi connectivity index (χ1) is 11.2. The molecular weight excluding hydrogens is 394 g/mol. The SMILES string of the molecule is Cc1ccc(S(=O)(=O)N(CCC(=O)O)c2cccc(Br)c2)c(C)c1. The Morgan fingerprint density at radius 3 is 2.46 bits per heavy atom. The Hall–Kier alpha value is -1.86. The number of carboxylic acid groups (broad SMARTS) is 1. The summed E-state index contributed by atoms with van der Waals surface area (Å²) < 4.78 is 28.1. The van der Waals surface area contributed by atoms with Crippen molar-refractivity contribution in [2.45, 2.75) is 25.2 Å². The number of carboxylic acids is 1. The highest BCUT2D eigenvalue weighted by atomic mass is 79.9. The lowest BCUT2D eigenvalue weighted by molar-refractivity contribution is -0.136. The number of benzene rings is 2. The zero-order chi connectivity index (χ0) is 17.9. The van der Waals surface area contributed by atoms with Crippen LogP contribution in [-0.2, 0) is 14.8 Å². The fourth-order valence-electron chi connectivity index (χ4n) is 2.42. The topological polar surface area (TPSA) is 74.7 Å². The lowest BCUT2D eigenvalue weighted by Crippen LogP contribution is -2.33. The second kappa shape index (κ2) is 7.36. The molecule has 0 aromatic heterocycles. The monoisotopic (exact) mass is 411 g/mol. The molecule has 0 spiro atoms. The Bertz CT molecular complexity index is 865. The predicted molar refractivity (Wildman–Crippen MR) is 96.8 cm³/mol. The van der Waals surface area contributed by atoms with Gasteiger partial charge in [0.15, 0.2) is 0 Å². The van der Waals surface area contributed by atoms with Crippen LogP contribution in [0.4, 0.5) is 5.69 Å². The molecule has 0 fully saturated rings. The summed E-state index contributed by atoms with van der Waals surface area (Å²) in [4.78, 5) is 11.1. The average molecular weight is 412 g/mol. The molecule has 2 aromatic carbocycles. The van der Waals surface area contributed by atoms with Gasteiger partial charge in [-0.05, 0) is 43.7 Å². The third kappa shape index (κ3) is 4.15. The van der Waals surface area contributed by atoms with E-state index in [1.54, 1.807) is 49.4 Å². The zero-order valence-electron chi connectivity index (χ0n) is 13.4. The van der Waals surface area contributed by atoms with Gasteiger partial charge in [0.25, 0.3) is 10.0 Å². The maximum atomic E-state index is 13.1. The van der Waals surface area contributed by atoms with E-state index in [9.17, 15) is 13.2 Å². The maximum absolute atomic E-state index is 13.1. The van der Waals surface area contributed by atoms with Gasteiger partial charge < -0.3 is 5.11 Å². The van der Waals surface area contributed by atoms with E-state index in [1.165, 1.54) is 0 Å². The predicted octanol–water partition coefficient (Wildman–Crippen LogP) is 3.74. The molecule has 0 aliphatic heterocycles. The summed E-state index contributed by atoms with van der Waals surface area (Å²) >= 11 is 3.32. The maximum Gasteiger partial charge on any atom is 0.305 e. The van der Waals surface area contributed by atoms with Crippen molar-refractivity contribution in [3.05, 3.63) is 58.1 Å². The molecule has 0 aliphatic rings. The molecule has 0 saturated heterocycles. The summed E-state index contributed by atoms with van der Waals surface area (Å²) in [6, 6.07) is 11.9. The van der Waals surface area contributed by atoms with Gasteiger partial charge >= 0.3 is 5.97 Å². The number of nitrogens with zero attached hydrogens (tertiary/aromatic N) is 1. The van der Waals surface area contributed by atoms with Gasteiger partial charge in [0, 0.05) is 11.0 Å². The molecule has 0 aliphatic carbocycles. The normalized spacial score (nSPS) is 11.3. The Balaban J connectivity index is 2.54. The van der Waals surface area contributed by atoms with Crippen LogP contribution >= 0.6 is 15.9 Å². The van der Waals surface area contributed by atoms with E-state index in [-0.39, 0.29) is 17.9 Å². The number of hydrogen-bond donors (Lipinski definition) is 1. The number of hydrogen-bond acceptors (Lipinski definition) is 3. The van der Waals surface area contributed by atoms with E-state index < -0.39 is 16.0 Å². The van der Waals surface area contributed by atoms with E-state index in [1.807, 2.05) is 6.92 Å². The first-order valence-corrected chi connectivity index (χ1v) is 9.52. The van der Waals surface area contributed by atoms with Crippen LogP contribution < -0.4 is 4.31 Å². The molecular formula is C17H18BrNO4S. The number of aliphatic carboxylic acids is 1. The van der Waals surface area contributed by atoms with E-state index in [0.29, 0.717) is 11.3 Å². The molecule has 0 atom stereocenters. The van der Waals surface area contributed by atoms with Crippen molar-refractivity contribution >= 4 is 37.6 Å². The van der Waals surface area contributed by atoms with E-state index >= 15 is 0 Å². The van der Waals surface area contributed by atoms with Crippen molar-refractivity contribution in [2.24, 2.45) is 0 Å². The molecule has 0 radical (unpaired) electrons. The van der Waals surface area contributed by atoms with Gasteiger partial charge in [-0.3, -0.25) is 9.10 Å². The quantitative estimate of drug-likeness (QED) is 0.785. The summed E-state index contributed by atoms with van der Waals surface area (Å²) in [6.45, 7) is 3.48. The number of rotatable bonds is 6. The Morgan fingerprint density at radius 1 is 1.17 bits per heavy atom. The average Bonchev–Trinajstić information content (AvgIpc) is 2.46. The first kappa shape index (κ1) is 18.5. The molecule has 24 heavy (non-hydrogen) atoms. The largest absolute Gasteiger partial charge is 0.481 e. The Morgan fingerprint density at radius 2 is 1.88 bits per heavy atom. The van der Waals surface area contributed by atoms with Gasteiger partial charge in [-0.15, -0.1) is 0 Å². The molecule has 0 heterocycles. The number of anilines is 1. The minimum absolute atomic E-state index is 0.137. The minimum atomic E-state index is -3.86. The third-order valence-electron chi connectivity index (χ3n) is 3.52. The highest BCUT2D eigenvalue weighted by Gasteiger charge is 2.27. The van der Waals surface area contributed by atoms with Gasteiger partial charge in [-0.2, -0.15) is 0 Å². The van der Waals surface area contributed by atoms with Gasteiger partial charge in [-0.1, -0.05) is 39.7 Å². The van der Waals surface area contributed by atoms with Crippen molar-refractivity contribution in [1.82, 2.24) is 0 Å². The molecule has 1 N–H and O–H groups in total. The Kier molecular flexibility index (Phi) is 5.66. The van der Waals surface area contributed by atoms with Gasteiger partial charge in [-0.25, -0.2) is 8.42 Å². The summed E-state index contributed by atoms with van der Waals surface area (Å²) in [7, 11) is -3.86. The molecule has 0 bridgehead atoms. The summed E-state index contributed by atoms with van der Waals surface area (Å²) in [5.74, 6) is -1.05. The first-order valence-electron chi connectivity index (χ1n) is 7.29. The van der Waals surface area contributed by atoms with Crippen LogP contribution in [0.25, 0.3) is 0 Å². The summed E-state index contributed by atoms with van der Waals surface area (Å²) in [5.41, 5.74) is 2.02. The molecule has 2 aromatic rings. The van der Waals surface area contributed by atoms with Crippen molar-refractivity contribution in [3.63, 3.8) is 0 Å². The van der Waals surface area contributed by atoms with Crippen LogP contribution in [0.15, 0.2) is 51.8 Å². The lowest BCUT2D eigenvalue weighted by Gasteiger charge is -2.25. The molecule has 2 rings (SSSR count). The van der Waals surface area contributed by atoms with E-state index in [0.717, 1.165) is 14.3 Å². The van der Waals surface area contributed by atoms with Crippen LogP contribution in [0.1, 0.15) is 17.5 Å². The molecule has 128 valence electrons. The summed E-state index contributed by atoms with van der Waals surface area (Å²) in [6.07, 6.45) is -0.281. The van der Waals surface area contributed by atoms with Crippen molar-refractivity contribution in [1.29, 1.82) is 0 Å². The Labute approximate surface area is 150 Å². The van der Waals surface area contributed by atoms with Crippen LogP contribution in [0.3, 0.4) is 0 Å². The fourth-order valence-corrected chi connectivity index (χ4v) is 4.48. The van der Waals surface area contributed by atoms with E-state index in [4.69, 9.17) is 5.11 Å². The van der Waals surface area contributed by atoms with Crippen LogP contribution in [0, 0.1) is 13.8 Å². The number of aryl methyl sites for hydroxylation is 2. The highest BCUT2D eigenvalue weighted by molar-refractivity contribution is 9.10. The minimum Gasteiger partial charge on any atom is -0.481 e. The lowest BCUT2D eigenvalue weighted by atomic mass is 10.2. The van der Waals surface area contributed by atoms with E-state index in [2.05, 4.69) is 15.9 Å². The molecule has 0 amide bonds. The molecule has 0 unspecified atom stereocenters. The van der Waals surface area contributed by atoms with Crippen molar-refractivity contribution < 1.29 is 18.3 Å². The van der Waals surface area contributed by atoms with Gasteiger partial charge in [0.1, 0.15) is 0 Å².